The van der Waals surface area contributed by atoms with E-state index in [-0.39, 0.29) is 0 Å². The third-order valence-corrected chi connectivity index (χ3v) is 3.87. The lowest BCUT2D eigenvalue weighted by atomic mass is 9.97. The Kier molecular flexibility index (Phi) is 3.65. The molecule has 1 N–H and O–H groups in total. The highest BCUT2D eigenvalue weighted by molar-refractivity contribution is 4.90. The van der Waals surface area contributed by atoms with Crippen LogP contribution in [0.25, 0.3) is 0 Å². The molecule has 2 aliphatic heterocycles. The van der Waals surface area contributed by atoms with Gasteiger partial charge in [0.1, 0.15) is 0 Å². The number of hydrogen-bond acceptors (Lipinski definition) is 3. The van der Waals surface area contributed by atoms with Crippen molar-refractivity contribution in [1.29, 1.82) is 0 Å². The predicted octanol–water partition coefficient (Wildman–Crippen LogP) is 1.09. The molecular formula is C12H24N2O. The summed E-state index contributed by atoms with van der Waals surface area (Å²) in [7, 11) is 2.05. The molecule has 3 atom stereocenters. The lowest BCUT2D eigenvalue weighted by Gasteiger charge is -2.40. The molecule has 3 unspecified atom stereocenters. The molecule has 0 aromatic carbocycles. The summed E-state index contributed by atoms with van der Waals surface area (Å²) >= 11 is 0. The minimum absolute atomic E-state index is 0.379. The van der Waals surface area contributed by atoms with Crippen LogP contribution in [0.2, 0.25) is 0 Å². The predicted molar refractivity (Wildman–Crippen MR) is 62.0 cm³/mol. The summed E-state index contributed by atoms with van der Waals surface area (Å²) in [5, 5.41) is 3.40. The van der Waals surface area contributed by atoms with Gasteiger partial charge in [-0.3, -0.25) is 4.90 Å². The first-order valence-corrected chi connectivity index (χ1v) is 6.25. The van der Waals surface area contributed by atoms with Crippen LogP contribution in [-0.4, -0.2) is 49.8 Å². The van der Waals surface area contributed by atoms with Gasteiger partial charge in [-0.1, -0.05) is 13.8 Å². The fourth-order valence-electron chi connectivity index (χ4n) is 3.01. The molecule has 2 aliphatic rings. The smallest absolute Gasteiger partial charge is 0.0857 e. The number of nitrogens with one attached hydrogen (secondary N) is 1. The molecule has 0 aromatic heterocycles. The van der Waals surface area contributed by atoms with Crippen LogP contribution in [0.4, 0.5) is 0 Å². The molecule has 0 spiro atoms. The van der Waals surface area contributed by atoms with Crippen LogP contribution in [0.5, 0.6) is 0 Å². The Morgan fingerprint density at radius 2 is 2.20 bits per heavy atom. The van der Waals surface area contributed by atoms with Gasteiger partial charge in [-0.2, -0.15) is 0 Å². The van der Waals surface area contributed by atoms with Gasteiger partial charge in [-0.05, 0) is 32.4 Å². The third kappa shape index (κ3) is 2.35. The minimum Gasteiger partial charge on any atom is -0.374 e. The summed E-state index contributed by atoms with van der Waals surface area (Å²) in [6.07, 6.45) is 3.06. The zero-order valence-electron chi connectivity index (χ0n) is 10.2. The summed E-state index contributed by atoms with van der Waals surface area (Å²) in [6, 6.07) is 1.21. The van der Waals surface area contributed by atoms with Gasteiger partial charge < -0.3 is 10.1 Å². The van der Waals surface area contributed by atoms with Crippen molar-refractivity contribution >= 4 is 0 Å². The van der Waals surface area contributed by atoms with E-state index < -0.39 is 0 Å². The highest BCUT2D eigenvalue weighted by Crippen LogP contribution is 2.25. The van der Waals surface area contributed by atoms with Gasteiger partial charge >= 0.3 is 0 Å². The molecule has 3 nitrogen and oxygen atoms in total. The molecule has 2 heterocycles. The first-order chi connectivity index (χ1) is 7.22. The first kappa shape index (κ1) is 11.4. The molecular weight excluding hydrogens is 188 g/mol. The summed E-state index contributed by atoms with van der Waals surface area (Å²) in [6.45, 7) is 7.87. The molecule has 0 amide bonds. The average Bonchev–Trinajstić information content (AvgIpc) is 2.65. The van der Waals surface area contributed by atoms with Crippen molar-refractivity contribution in [2.24, 2.45) is 5.92 Å². The average molecular weight is 212 g/mol. The number of ether oxygens (including phenoxy) is 1. The molecule has 0 saturated carbocycles. The van der Waals surface area contributed by atoms with Crippen molar-refractivity contribution in [1.82, 2.24) is 10.2 Å². The first-order valence-electron chi connectivity index (χ1n) is 6.25. The van der Waals surface area contributed by atoms with E-state index in [1.54, 1.807) is 0 Å². The van der Waals surface area contributed by atoms with Crippen LogP contribution < -0.4 is 5.32 Å². The molecule has 0 aliphatic carbocycles. The van der Waals surface area contributed by atoms with E-state index in [0.717, 1.165) is 13.2 Å². The molecule has 88 valence electrons. The SMILES string of the molecule is CNC(C(C)C)C1CN2CCCC2CO1. The fourth-order valence-corrected chi connectivity index (χ4v) is 3.01. The molecule has 0 radical (unpaired) electrons. The van der Waals surface area contributed by atoms with Gasteiger partial charge in [0.05, 0.1) is 12.7 Å². The van der Waals surface area contributed by atoms with Crippen LogP contribution in [0, 0.1) is 5.92 Å². The largest absolute Gasteiger partial charge is 0.374 e. The summed E-state index contributed by atoms with van der Waals surface area (Å²) in [5.41, 5.74) is 0. The topological polar surface area (TPSA) is 24.5 Å². The second-order valence-electron chi connectivity index (χ2n) is 5.22. The summed E-state index contributed by atoms with van der Waals surface area (Å²) < 4.78 is 6.00. The van der Waals surface area contributed by atoms with Crippen molar-refractivity contribution in [2.45, 2.75) is 44.9 Å². The Morgan fingerprint density at radius 3 is 2.87 bits per heavy atom. The van der Waals surface area contributed by atoms with E-state index in [0.29, 0.717) is 24.1 Å². The van der Waals surface area contributed by atoms with Crippen molar-refractivity contribution in [2.75, 3.05) is 26.7 Å². The van der Waals surface area contributed by atoms with Crippen molar-refractivity contribution < 1.29 is 4.74 Å². The number of nitrogens with zero attached hydrogens (tertiary/aromatic N) is 1. The Hall–Kier alpha value is -0.120. The van der Waals surface area contributed by atoms with E-state index in [9.17, 15) is 0 Å². The van der Waals surface area contributed by atoms with Crippen LogP contribution in [-0.2, 0) is 4.74 Å². The van der Waals surface area contributed by atoms with Crippen molar-refractivity contribution in [3.63, 3.8) is 0 Å². The zero-order chi connectivity index (χ0) is 10.8. The van der Waals surface area contributed by atoms with Crippen LogP contribution in [0.3, 0.4) is 0 Å². The monoisotopic (exact) mass is 212 g/mol. The van der Waals surface area contributed by atoms with E-state index in [1.807, 2.05) is 7.05 Å². The van der Waals surface area contributed by atoms with Crippen LogP contribution >= 0.6 is 0 Å². The van der Waals surface area contributed by atoms with Gasteiger partial charge in [0, 0.05) is 18.6 Å². The second-order valence-corrected chi connectivity index (χ2v) is 5.22. The highest BCUT2D eigenvalue weighted by Gasteiger charge is 2.36. The Labute approximate surface area is 93.2 Å². The minimum atomic E-state index is 0.379. The Bertz CT molecular complexity index is 208. The maximum atomic E-state index is 6.00. The molecule has 15 heavy (non-hydrogen) atoms. The number of likely N-dealkylation sites (N-methyl/N-ethyl adjacent to an activating group) is 1. The van der Waals surface area contributed by atoms with Crippen molar-refractivity contribution in [3.05, 3.63) is 0 Å². The normalized spacial score (nSPS) is 34.4. The van der Waals surface area contributed by atoms with E-state index >= 15 is 0 Å². The molecule has 3 heteroatoms. The van der Waals surface area contributed by atoms with Crippen molar-refractivity contribution in [3.8, 4) is 0 Å². The van der Waals surface area contributed by atoms with Gasteiger partial charge in [0.15, 0.2) is 0 Å². The number of hydrogen-bond donors (Lipinski definition) is 1. The van der Waals surface area contributed by atoms with Crippen LogP contribution in [0.15, 0.2) is 0 Å². The lowest BCUT2D eigenvalue weighted by molar-refractivity contribution is -0.0700. The molecule has 2 rings (SSSR count). The summed E-state index contributed by atoms with van der Waals surface area (Å²) in [5.74, 6) is 0.638. The molecule has 2 fully saturated rings. The quantitative estimate of drug-likeness (QED) is 0.758. The Balaban J connectivity index is 1.93. The molecule has 0 bridgehead atoms. The van der Waals surface area contributed by atoms with Gasteiger partial charge in [-0.15, -0.1) is 0 Å². The standard InChI is InChI=1S/C12H24N2O/c1-9(2)12(13-3)11-7-14-6-4-5-10(14)8-15-11/h9-13H,4-8H2,1-3H3. The third-order valence-electron chi connectivity index (χ3n) is 3.87. The maximum absolute atomic E-state index is 6.00. The van der Waals surface area contributed by atoms with Crippen LogP contribution in [0.1, 0.15) is 26.7 Å². The highest BCUT2D eigenvalue weighted by atomic mass is 16.5. The summed E-state index contributed by atoms with van der Waals surface area (Å²) in [4.78, 5) is 2.61. The van der Waals surface area contributed by atoms with Gasteiger partial charge in [0.2, 0.25) is 0 Å². The van der Waals surface area contributed by atoms with E-state index in [4.69, 9.17) is 4.74 Å². The van der Waals surface area contributed by atoms with Gasteiger partial charge in [-0.25, -0.2) is 0 Å². The number of rotatable bonds is 3. The molecule has 2 saturated heterocycles. The van der Waals surface area contributed by atoms with E-state index in [2.05, 4.69) is 24.1 Å². The van der Waals surface area contributed by atoms with E-state index in [1.165, 1.54) is 19.4 Å². The second kappa shape index (κ2) is 4.81. The number of morpholine rings is 1. The number of fused-ring (bicyclic) bond motifs is 1. The lowest BCUT2D eigenvalue weighted by Crippen LogP contribution is -2.55. The van der Waals surface area contributed by atoms with Gasteiger partial charge in [0.25, 0.3) is 0 Å². The Morgan fingerprint density at radius 1 is 1.40 bits per heavy atom. The fraction of sp³-hybridized carbons (Fsp3) is 1.00. The zero-order valence-corrected chi connectivity index (χ0v) is 10.2. The maximum Gasteiger partial charge on any atom is 0.0857 e. The molecule has 0 aromatic rings.